The van der Waals surface area contributed by atoms with Crippen molar-refractivity contribution in [3.8, 4) is 17.2 Å². The zero-order valence-electron chi connectivity index (χ0n) is 17.3. The molecule has 2 N–H and O–H groups in total. The number of benzene rings is 3. The molecule has 9 heteroatoms. The molecule has 0 radical (unpaired) electrons. The molecular weight excluding hydrogens is 432 g/mol. The number of sulfonamides is 1. The zero-order valence-corrected chi connectivity index (χ0v) is 18.1. The monoisotopic (exact) mass is 454 g/mol. The molecule has 1 aliphatic heterocycles. The summed E-state index contributed by atoms with van der Waals surface area (Å²) in [4.78, 5) is 12.6. The summed E-state index contributed by atoms with van der Waals surface area (Å²) < 4.78 is 44.8. The largest absolute Gasteiger partial charge is 0.495 e. The second-order valence-corrected chi connectivity index (χ2v) is 8.72. The van der Waals surface area contributed by atoms with Crippen molar-refractivity contribution in [3.05, 3.63) is 78.4 Å². The van der Waals surface area contributed by atoms with E-state index in [9.17, 15) is 13.2 Å². The van der Waals surface area contributed by atoms with Crippen LogP contribution in [0.4, 0.5) is 5.69 Å². The number of rotatable bonds is 7. The van der Waals surface area contributed by atoms with Gasteiger partial charge in [0.25, 0.3) is 15.9 Å². The van der Waals surface area contributed by atoms with Gasteiger partial charge in [0.15, 0.2) is 11.5 Å². The highest BCUT2D eigenvalue weighted by Gasteiger charge is 2.22. The van der Waals surface area contributed by atoms with E-state index in [1.807, 2.05) is 18.2 Å². The molecule has 3 aromatic carbocycles. The molecule has 0 aromatic heterocycles. The van der Waals surface area contributed by atoms with Crippen LogP contribution in [0.25, 0.3) is 0 Å². The van der Waals surface area contributed by atoms with Gasteiger partial charge in [-0.3, -0.25) is 9.52 Å². The number of ether oxygens (including phenoxy) is 3. The van der Waals surface area contributed by atoms with Gasteiger partial charge in [-0.15, -0.1) is 0 Å². The average Bonchev–Trinajstić information content (AvgIpc) is 2.82. The molecule has 0 unspecified atom stereocenters. The first-order chi connectivity index (χ1) is 15.5. The molecule has 32 heavy (non-hydrogen) atoms. The van der Waals surface area contributed by atoms with Crippen LogP contribution >= 0.6 is 0 Å². The smallest absolute Gasteiger partial charge is 0.262 e. The van der Waals surface area contributed by atoms with Crippen LogP contribution in [-0.4, -0.2) is 40.7 Å². The Kier molecular flexibility index (Phi) is 6.18. The number of carbonyl (C=O) groups excluding carboxylic acids is 1. The Morgan fingerprint density at radius 2 is 1.78 bits per heavy atom. The highest BCUT2D eigenvalue weighted by atomic mass is 32.2. The van der Waals surface area contributed by atoms with Gasteiger partial charge in [-0.25, -0.2) is 8.42 Å². The second-order valence-electron chi connectivity index (χ2n) is 7.04. The molecule has 8 nitrogen and oxygen atoms in total. The van der Waals surface area contributed by atoms with Gasteiger partial charge in [-0.05, 0) is 42.5 Å². The summed E-state index contributed by atoms with van der Waals surface area (Å²) in [7, 11) is -2.47. The van der Waals surface area contributed by atoms with Crippen molar-refractivity contribution >= 4 is 21.6 Å². The fourth-order valence-electron chi connectivity index (χ4n) is 3.21. The Balaban J connectivity index is 1.42. The van der Waals surface area contributed by atoms with Crippen molar-refractivity contribution < 1.29 is 27.4 Å². The molecule has 3 aromatic rings. The minimum atomic E-state index is -3.93. The number of carbonyl (C=O) groups is 1. The third kappa shape index (κ3) is 4.78. The molecule has 1 heterocycles. The third-order valence-electron chi connectivity index (χ3n) is 4.82. The topological polar surface area (TPSA) is 103 Å². The van der Waals surface area contributed by atoms with Gasteiger partial charge >= 0.3 is 0 Å². The van der Waals surface area contributed by atoms with E-state index < -0.39 is 15.9 Å². The van der Waals surface area contributed by atoms with Crippen LogP contribution in [0, 0.1) is 0 Å². The molecule has 166 valence electrons. The minimum absolute atomic E-state index is 0.0396. The van der Waals surface area contributed by atoms with Crippen LogP contribution in [0.5, 0.6) is 17.2 Å². The van der Waals surface area contributed by atoms with E-state index in [1.165, 1.54) is 25.3 Å². The van der Waals surface area contributed by atoms with Gasteiger partial charge in [0, 0.05) is 5.56 Å². The van der Waals surface area contributed by atoms with E-state index in [2.05, 4.69) is 10.0 Å². The molecule has 0 saturated carbocycles. The summed E-state index contributed by atoms with van der Waals surface area (Å²) in [6.45, 7) is 0.512. The van der Waals surface area contributed by atoms with Crippen molar-refractivity contribution in [3.63, 3.8) is 0 Å². The maximum absolute atomic E-state index is 12.8. The Morgan fingerprint density at radius 1 is 1.03 bits per heavy atom. The van der Waals surface area contributed by atoms with Gasteiger partial charge < -0.3 is 19.5 Å². The van der Waals surface area contributed by atoms with Gasteiger partial charge in [0.05, 0.1) is 24.2 Å². The molecule has 0 aliphatic carbocycles. The fraction of sp³-hybridized carbons (Fsp3) is 0.174. The fourth-order valence-corrected chi connectivity index (χ4v) is 4.33. The number of methoxy groups -OCH3 is 1. The second kappa shape index (κ2) is 9.19. The summed E-state index contributed by atoms with van der Waals surface area (Å²) in [6.07, 6.45) is -0.354. The number of amides is 1. The van der Waals surface area contributed by atoms with Crippen molar-refractivity contribution in [2.75, 3.05) is 25.0 Å². The molecule has 1 aliphatic rings. The van der Waals surface area contributed by atoms with Gasteiger partial charge in [-0.1, -0.05) is 30.3 Å². The van der Waals surface area contributed by atoms with Crippen molar-refractivity contribution in [1.82, 2.24) is 5.32 Å². The zero-order chi connectivity index (χ0) is 22.6. The first kappa shape index (κ1) is 21.5. The van der Waals surface area contributed by atoms with Gasteiger partial charge in [-0.2, -0.15) is 0 Å². The summed E-state index contributed by atoms with van der Waals surface area (Å²) in [5, 5.41) is 2.77. The maximum atomic E-state index is 12.8. The number of para-hydroxylation sites is 4. The van der Waals surface area contributed by atoms with Crippen LogP contribution in [0.15, 0.2) is 77.7 Å². The Bertz CT molecular complexity index is 1230. The molecule has 0 spiro atoms. The Morgan fingerprint density at radius 3 is 2.59 bits per heavy atom. The lowest BCUT2D eigenvalue weighted by Gasteiger charge is -2.26. The number of fused-ring (bicyclic) bond motifs is 1. The van der Waals surface area contributed by atoms with Crippen LogP contribution in [0.1, 0.15) is 10.4 Å². The molecule has 1 amide bonds. The van der Waals surface area contributed by atoms with E-state index in [4.69, 9.17) is 14.2 Å². The predicted molar refractivity (Wildman–Crippen MR) is 119 cm³/mol. The minimum Gasteiger partial charge on any atom is -0.495 e. The lowest BCUT2D eigenvalue weighted by atomic mass is 10.2. The maximum Gasteiger partial charge on any atom is 0.262 e. The first-order valence-electron chi connectivity index (χ1n) is 9.89. The third-order valence-corrected chi connectivity index (χ3v) is 6.18. The van der Waals surface area contributed by atoms with E-state index in [0.717, 1.165) is 0 Å². The summed E-state index contributed by atoms with van der Waals surface area (Å²) in [5.41, 5.74) is 0.518. The van der Waals surface area contributed by atoms with E-state index >= 15 is 0 Å². The van der Waals surface area contributed by atoms with Crippen LogP contribution in [0.3, 0.4) is 0 Å². The average molecular weight is 455 g/mol. The van der Waals surface area contributed by atoms with Crippen molar-refractivity contribution in [2.24, 2.45) is 0 Å². The molecule has 4 rings (SSSR count). The Labute approximate surface area is 186 Å². The molecule has 0 fully saturated rings. The number of nitrogens with one attached hydrogen (secondary N) is 2. The molecular formula is C23H22N2O6S. The highest BCUT2D eigenvalue weighted by molar-refractivity contribution is 7.92. The quantitative estimate of drug-likeness (QED) is 0.569. The Hall–Kier alpha value is -3.72. The van der Waals surface area contributed by atoms with Gasteiger partial charge in [0.2, 0.25) is 0 Å². The van der Waals surface area contributed by atoms with Crippen LogP contribution in [-0.2, 0) is 10.0 Å². The summed E-state index contributed by atoms with van der Waals surface area (Å²) in [6, 6.07) is 19.8. The standard InChI is InChI=1S/C23H22N2O6S/c1-29-20-10-3-2-9-19(20)25-32(27,28)18-8-6-7-16(13-18)23(26)24-14-17-15-30-21-11-4-5-12-22(21)31-17/h2-13,17,25H,14-15H2,1H3,(H,24,26)/t17-/m1/s1. The summed E-state index contributed by atoms with van der Waals surface area (Å²) in [5.74, 6) is 1.26. The first-order valence-corrected chi connectivity index (χ1v) is 11.4. The molecule has 0 saturated heterocycles. The van der Waals surface area contributed by atoms with Crippen molar-refractivity contribution in [2.45, 2.75) is 11.0 Å². The highest BCUT2D eigenvalue weighted by Crippen LogP contribution is 2.30. The molecule has 1 atom stereocenters. The number of anilines is 1. The molecule has 0 bridgehead atoms. The van der Waals surface area contributed by atoms with Crippen molar-refractivity contribution in [1.29, 1.82) is 0 Å². The number of hydrogen-bond acceptors (Lipinski definition) is 6. The van der Waals surface area contributed by atoms with E-state index in [1.54, 1.807) is 36.4 Å². The van der Waals surface area contributed by atoms with E-state index in [-0.39, 0.29) is 23.1 Å². The lowest BCUT2D eigenvalue weighted by molar-refractivity contribution is 0.0789. The SMILES string of the molecule is COc1ccccc1NS(=O)(=O)c1cccc(C(=O)NC[C@@H]2COc3ccccc3O2)c1. The normalized spacial score (nSPS) is 15.0. The predicted octanol–water partition coefficient (Wildman–Crippen LogP) is 3.07. The number of hydrogen-bond donors (Lipinski definition) is 2. The summed E-state index contributed by atoms with van der Waals surface area (Å²) >= 11 is 0. The van der Waals surface area contributed by atoms with Crippen LogP contribution in [0.2, 0.25) is 0 Å². The van der Waals surface area contributed by atoms with Crippen LogP contribution < -0.4 is 24.2 Å². The lowest BCUT2D eigenvalue weighted by Crippen LogP contribution is -2.40. The van der Waals surface area contributed by atoms with Gasteiger partial charge in [0.1, 0.15) is 18.5 Å². The van der Waals surface area contributed by atoms with E-state index in [0.29, 0.717) is 29.5 Å².